The van der Waals surface area contributed by atoms with Crippen molar-refractivity contribution in [3.8, 4) is 5.75 Å². The van der Waals surface area contributed by atoms with Gasteiger partial charge in [-0.05, 0) is 24.3 Å². The molecule has 4 N–H and O–H groups in total. The molecule has 0 aliphatic carbocycles. The number of halogens is 1. The first-order valence-electron chi connectivity index (χ1n) is 5.75. The molecule has 1 aromatic carbocycles. The Bertz CT molecular complexity index is 409. The fourth-order valence-corrected chi connectivity index (χ4v) is 1.94. The summed E-state index contributed by atoms with van der Waals surface area (Å²) in [5, 5.41) is 38.5. The molecule has 0 saturated carbocycles. The average molecular weight is 291 g/mol. The fourth-order valence-electron chi connectivity index (χ4n) is 1.81. The summed E-state index contributed by atoms with van der Waals surface area (Å²) in [6.07, 6.45) is -6.45. The number of hydrogen-bond donors (Lipinski definition) is 4. The number of hydrogen-bond acceptors (Lipinski definition) is 6. The largest absolute Gasteiger partial charge is 0.462 e. The topological polar surface area (TPSA) is 99.4 Å². The summed E-state index contributed by atoms with van der Waals surface area (Å²) >= 11 is 5.73. The summed E-state index contributed by atoms with van der Waals surface area (Å²) in [6, 6.07) is 6.34. The Morgan fingerprint density at radius 2 is 1.68 bits per heavy atom. The molecule has 5 atom stereocenters. The Labute approximate surface area is 114 Å². The van der Waals surface area contributed by atoms with E-state index in [2.05, 4.69) is 0 Å². The van der Waals surface area contributed by atoms with Crippen molar-refractivity contribution in [2.45, 2.75) is 30.7 Å². The molecule has 1 heterocycles. The van der Waals surface area contributed by atoms with Crippen LogP contribution in [0.2, 0.25) is 5.02 Å². The van der Waals surface area contributed by atoms with Crippen molar-refractivity contribution in [2.75, 3.05) is 6.61 Å². The Balaban J connectivity index is 2.08. The molecule has 1 aliphatic rings. The molecule has 0 unspecified atom stereocenters. The van der Waals surface area contributed by atoms with Crippen LogP contribution in [0.1, 0.15) is 0 Å². The lowest BCUT2D eigenvalue weighted by atomic mass is 9.99. The lowest BCUT2D eigenvalue weighted by Crippen LogP contribution is -2.60. The van der Waals surface area contributed by atoms with Gasteiger partial charge in [0.2, 0.25) is 6.29 Å². The number of ether oxygens (including phenoxy) is 2. The second-order valence-electron chi connectivity index (χ2n) is 4.27. The molecule has 2 rings (SSSR count). The molecule has 106 valence electrons. The van der Waals surface area contributed by atoms with Crippen LogP contribution in [0.4, 0.5) is 0 Å². The minimum absolute atomic E-state index is 0.383. The predicted molar refractivity (Wildman–Crippen MR) is 65.8 cm³/mol. The maximum atomic E-state index is 9.77. The SMILES string of the molecule is OC[C@H]1O[C@H](Oc2ccc(Cl)cc2)[C@@H](O)[C@@H](O)[C@@H]1O. The number of aliphatic hydroxyl groups is 4. The number of aliphatic hydroxyl groups excluding tert-OH is 4. The summed E-state index contributed by atoms with van der Waals surface area (Å²) < 4.78 is 10.6. The standard InChI is InChI=1S/C12H15ClO6/c13-6-1-3-7(4-2-6)18-12-11(17)10(16)9(15)8(5-14)19-12/h1-4,8-12,14-17H,5H2/t8-,9-,10+,11+,12+/m1/s1. The van der Waals surface area contributed by atoms with Crippen molar-refractivity contribution in [1.82, 2.24) is 0 Å². The van der Waals surface area contributed by atoms with Crippen LogP contribution in [0, 0.1) is 0 Å². The van der Waals surface area contributed by atoms with Crippen molar-refractivity contribution in [1.29, 1.82) is 0 Å². The van der Waals surface area contributed by atoms with Gasteiger partial charge in [0, 0.05) is 5.02 Å². The molecule has 1 aliphatic heterocycles. The number of rotatable bonds is 3. The van der Waals surface area contributed by atoms with E-state index >= 15 is 0 Å². The lowest BCUT2D eigenvalue weighted by molar-refractivity contribution is -0.277. The van der Waals surface area contributed by atoms with Gasteiger partial charge in [0.25, 0.3) is 0 Å². The smallest absolute Gasteiger partial charge is 0.229 e. The molecule has 0 aromatic heterocycles. The monoisotopic (exact) mass is 290 g/mol. The lowest BCUT2D eigenvalue weighted by Gasteiger charge is -2.39. The molecule has 6 nitrogen and oxygen atoms in total. The summed E-state index contributed by atoms with van der Waals surface area (Å²) in [6.45, 7) is -0.495. The highest BCUT2D eigenvalue weighted by molar-refractivity contribution is 6.30. The molecular weight excluding hydrogens is 276 g/mol. The molecule has 1 fully saturated rings. The van der Waals surface area contributed by atoms with Gasteiger partial charge < -0.3 is 29.9 Å². The minimum atomic E-state index is -1.46. The summed E-state index contributed by atoms with van der Waals surface area (Å²) in [4.78, 5) is 0. The van der Waals surface area contributed by atoms with E-state index in [1.165, 1.54) is 0 Å². The van der Waals surface area contributed by atoms with Gasteiger partial charge in [0.05, 0.1) is 6.61 Å². The van der Waals surface area contributed by atoms with Gasteiger partial charge in [-0.1, -0.05) is 11.6 Å². The molecular formula is C12H15ClO6. The molecule has 19 heavy (non-hydrogen) atoms. The van der Waals surface area contributed by atoms with Crippen LogP contribution in [-0.2, 0) is 4.74 Å². The Morgan fingerprint density at radius 1 is 1.05 bits per heavy atom. The van der Waals surface area contributed by atoms with Crippen LogP contribution in [-0.4, -0.2) is 57.7 Å². The zero-order valence-corrected chi connectivity index (χ0v) is 10.6. The highest BCUT2D eigenvalue weighted by atomic mass is 35.5. The van der Waals surface area contributed by atoms with Gasteiger partial charge >= 0.3 is 0 Å². The van der Waals surface area contributed by atoms with E-state index in [9.17, 15) is 15.3 Å². The van der Waals surface area contributed by atoms with E-state index in [4.69, 9.17) is 26.2 Å². The highest BCUT2D eigenvalue weighted by Gasteiger charge is 2.44. The van der Waals surface area contributed by atoms with E-state index < -0.39 is 37.3 Å². The van der Waals surface area contributed by atoms with Gasteiger partial charge in [0.15, 0.2) is 0 Å². The minimum Gasteiger partial charge on any atom is -0.462 e. The molecule has 0 amide bonds. The summed E-state index contributed by atoms with van der Waals surface area (Å²) in [7, 11) is 0. The Hall–Kier alpha value is -0.890. The third-order valence-corrected chi connectivity index (χ3v) is 3.17. The van der Waals surface area contributed by atoms with Crippen molar-refractivity contribution >= 4 is 11.6 Å². The van der Waals surface area contributed by atoms with Crippen molar-refractivity contribution in [3.63, 3.8) is 0 Å². The highest BCUT2D eigenvalue weighted by Crippen LogP contribution is 2.24. The molecule has 1 saturated heterocycles. The molecule has 7 heteroatoms. The second-order valence-corrected chi connectivity index (χ2v) is 4.71. The van der Waals surface area contributed by atoms with Gasteiger partial charge in [0.1, 0.15) is 30.2 Å². The normalized spacial score (nSPS) is 35.1. The van der Waals surface area contributed by atoms with E-state index in [0.29, 0.717) is 10.8 Å². The van der Waals surface area contributed by atoms with Gasteiger partial charge in [-0.15, -0.1) is 0 Å². The van der Waals surface area contributed by atoms with Crippen LogP contribution in [0.15, 0.2) is 24.3 Å². The average Bonchev–Trinajstić information content (AvgIpc) is 2.42. The van der Waals surface area contributed by atoms with Gasteiger partial charge in [-0.2, -0.15) is 0 Å². The van der Waals surface area contributed by atoms with Crippen LogP contribution in [0.3, 0.4) is 0 Å². The molecule has 1 aromatic rings. The van der Waals surface area contributed by atoms with E-state index in [-0.39, 0.29) is 0 Å². The van der Waals surface area contributed by atoms with E-state index in [1.54, 1.807) is 24.3 Å². The first-order valence-corrected chi connectivity index (χ1v) is 6.13. The van der Waals surface area contributed by atoms with E-state index in [1.807, 2.05) is 0 Å². The quantitative estimate of drug-likeness (QED) is 0.600. The van der Waals surface area contributed by atoms with Crippen molar-refractivity contribution in [3.05, 3.63) is 29.3 Å². The van der Waals surface area contributed by atoms with Crippen molar-refractivity contribution in [2.24, 2.45) is 0 Å². The van der Waals surface area contributed by atoms with E-state index in [0.717, 1.165) is 0 Å². The maximum Gasteiger partial charge on any atom is 0.229 e. The predicted octanol–water partition coefficient (Wildman–Crippen LogP) is -0.481. The molecule has 0 bridgehead atoms. The van der Waals surface area contributed by atoms with Gasteiger partial charge in [-0.3, -0.25) is 0 Å². The number of benzene rings is 1. The zero-order valence-electron chi connectivity index (χ0n) is 9.89. The third-order valence-electron chi connectivity index (χ3n) is 2.91. The summed E-state index contributed by atoms with van der Waals surface area (Å²) in [5.74, 6) is 0.383. The van der Waals surface area contributed by atoms with Crippen LogP contribution >= 0.6 is 11.6 Å². The van der Waals surface area contributed by atoms with Crippen LogP contribution in [0.5, 0.6) is 5.75 Å². The van der Waals surface area contributed by atoms with Crippen LogP contribution in [0.25, 0.3) is 0 Å². The first-order chi connectivity index (χ1) is 9.02. The Kier molecular flexibility index (Phi) is 4.62. The Morgan fingerprint density at radius 3 is 2.26 bits per heavy atom. The first kappa shape index (κ1) is 14.5. The van der Waals surface area contributed by atoms with Crippen molar-refractivity contribution < 1.29 is 29.9 Å². The maximum absolute atomic E-state index is 9.77. The third kappa shape index (κ3) is 3.17. The molecule has 0 spiro atoms. The second kappa shape index (κ2) is 6.04. The summed E-state index contributed by atoms with van der Waals surface area (Å²) in [5.41, 5.74) is 0. The van der Waals surface area contributed by atoms with Gasteiger partial charge in [-0.25, -0.2) is 0 Å². The molecule has 0 radical (unpaired) electrons. The van der Waals surface area contributed by atoms with Crippen LogP contribution < -0.4 is 4.74 Å². The fraction of sp³-hybridized carbons (Fsp3) is 0.500. The zero-order chi connectivity index (χ0) is 14.0.